The van der Waals surface area contributed by atoms with Gasteiger partial charge in [0.1, 0.15) is 5.82 Å². The van der Waals surface area contributed by atoms with E-state index in [1.54, 1.807) is 6.92 Å². The number of hydrogen-bond donors (Lipinski definition) is 2. The van der Waals surface area contributed by atoms with Gasteiger partial charge in [-0.25, -0.2) is 4.98 Å². The van der Waals surface area contributed by atoms with Gasteiger partial charge in [0, 0.05) is 26.2 Å². The van der Waals surface area contributed by atoms with Gasteiger partial charge in [-0.15, -0.1) is 0 Å². The predicted octanol–water partition coefficient (Wildman–Crippen LogP) is 0.790. The van der Waals surface area contributed by atoms with Crippen LogP contribution in [0.2, 0.25) is 0 Å². The van der Waals surface area contributed by atoms with Crippen LogP contribution in [0.15, 0.2) is 18.2 Å². The first-order chi connectivity index (χ1) is 8.24. The van der Waals surface area contributed by atoms with Gasteiger partial charge in [-0.1, -0.05) is 6.07 Å². The van der Waals surface area contributed by atoms with Gasteiger partial charge in [-0.05, 0) is 30.9 Å². The van der Waals surface area contributed by atoms with Crippen molar-refractivity contribution >= 4 is 5.82 Å². The lowest BCUT2D eigenvalue weighted by molar-refractivity contribution is 0.194. The third-order valence-corrected chi connectivity index (χ3v) is 3.90. The van der Waals surface area contributed by atoms with Crippen molar-refractivity contribution in [3.8, 4) is 0 Å². The largest absolute Gasteiger partial charge is 0.387 e. The van der Waals surface area contributed by atoms with Crippen molar-refractivity contribution in [3.63, 3.8) is 0 Å². The van der Waals surface area contributed by atoms with E-state index in [9.17, 15) is 5.11 Å². The van der Waals surface area contributed by atoms with E-state index in [1.165, 1.54) is 0 Å². The Morgan fingerprint density at radius 1 is 1.35 bits per heavy atom. The molecule has 0 bridgehead atoms. The summed E-state index contributed by atoms with van der Waals surface area (Å²) in [5, 5.41) is 13.0. The van der Waals surface area contributed by atoms with Crippen molar-refractivity contribution in [3.05, 3.63) is 23.9 Å². The van der Waals surface area contributed by atoms with E-state index in [0.29, 0.717) is 0 Å². The highest BCUT2D eigenvalue weighted by Crippen LogP contribution is 2.29. The molecule has 3 rings (SSSR count). The number of pyridine rings is 1. The van der Waals surface area contributed by atoms with E-state index in [4.69, 9.17) is 0 Å². The lowest BCUT2D eigenvalue weighted by Gasteiger charge is -2.19. The second kappa shape index (κ2) is 4.27. The second-order valence-corrected chi connectivity index (χ2v) is 5.18. The Balaban J connectivity index is 1.78. The van der Waals surface area contributed by atoms with E-state index in [2.05, 4.69) is 15.2 Å². The van der Waals surface area contributed by atoms with Crippen LogP contribution in [0.5, 0.6) is 0 Å². The average Bonchev–Trinajstić information content (AvgIpc) is 2.89. The predicted molar refractivity (Wildman–Crippen MR) is 66.9 cm³/mol. The van der Waals surface area contributed by atoms with E-state index in [1.807, 2.05) is 18.2 Å². The molecule has 1 aromatic rings. The van der Waals surface area contributed by atoms with Gasteiger partial charge in [-0.3, -0.25) is 0 Å². The summed E-state index contributed by atoms with van der Waals surface area (Å²) in [5.41, 5.74) is 0.762. The lowest BCUT2D eigenvalue weighted by atomic mass is 10.0. The van der Waals surface area contributed by atoms with Gasteiger partial charge >= 0.3 is 0 Å². The van der Waals surface area contributed by atoms with Crippen LogP contribution in [0, 0.1) is 11.8 Å². The van der Waals surface area contributed by atoms with Crippen LogP contribution in [0.4, 0.5) is 5.82 Å². The molecule has 2 aliphatic rings. The summed E-state index contributed by atoms with van der Waals surface area (Å²) >= 11 is 0. The summed E-state index contributed by atoms with van der Waals surface area (Å²) in [4.78, 5) is 6.89. The molecule has 0 aliphatic carbocycles. The molecule has 0 aromatic carbocycles. The molecular formula is C13H19N3O. The highest BCUT2D eigenvalue weighted by molar-refractivity contribution is 5.41. The minimum absolute atomic E-state index is 0.487. The maximum Gasteiger partial charge on any atom is 0.128 e. The highest BCUT2D eigenvalue weighted by Gasteiger charge is 2.36. The van der Waals surface area contributed by atoms with Gasteiger partial charge < -0.3 is 15.3 Å². The van der Waals surface area contributed by atoms with Gasteiger partial charge in [0.05, 0.1) is 11.8 Å². The number of fused-ring (bicyclic) bond motifs is 1. The Morgan fingerprint density at radius 2 is 2.06 bits per heavy atom. The summed E-state index contributed by atoms with van der Waals surface area (Å²) in [6.07, 6.45) is -0.487. The molecule has 3 heterocycles. The molecule has 2 fully saturated rings. The molecular weight excluding hydrogens is 214 g/mol. The molecule has 2 N–H and O–H groups in total. The number of nitrogens with one attached hydrogen (secondary N) is 1. The molecule has 1 aromatic heterocycles. The Morgan fingerprint density at radius 3 is 2.71 bits per heavy atom. The summed E-state index contributed by atoms with van der Waals surface area (Å²) in [7, 11) is 0. The number of hydrogen-bond acceptors (Lipinski definition) is 4. The fourth-order valence-electron chi connectivity index (χ4n) is 2.89. The Labute approximate surface area is 102 Å². The summed E-state index contributed by atoms with van der Waals surface area (Å²) in [6.45, 7) is 6.21. The van der Waals surface area contributed by atoms with E-state index in [0.717, 1.165) is 49.5 Å². The van der Waals surface area contributed by atoms with Crippen molar-refractivity contribution in [2.45, 2.75) is 13.0 Å². The standard InChI is InChI=1S/C13H19N3O/c1-9(17)12-3-2-4-13(15-12)16-7-10-5-14-6-11(10)8-16/h2-4,9-11,14,17H,5-8H2,1H3/t9?,10-,11+. The zero-order chi connectivity index (χ0) is 11.8. The molecule has 2 saturated heterocycles. The molecule has 0 spiro atoms. The molecule has 0 amide bonds. The minimum Gasteiger partial charge on any atom is -0.387 e. The molecule has 1 unspecified atom stereocenters. The van der Waals surface area contributed by atoms with Crippen LogP contribution in [0.3, 0.4) is 0 Å². The number of anilines is 1. The fraction of sp³-hybridized carbons (Fsp3) is 0.615. The van der Waals surface area contributed by atoms with Crippen molar-refractivity contribution in [1.29, 1.82) is 0 Å². The normalized spacial score (nSPS) is 29.4. The minimum atomic E-state index is -0.487. The third-order valence-electron chi connectivity index (χ3n) is 3.90. The average molecular weight is 233 g/mol. The third kappa shape index (κ3) is 2.03. The lowest BCUT2D eigenvalue weighted by Crippen LogP contribution is -2.26. The number of rotatable bonds is 2. The molecule has 0 radical (unpaired) electrons. The fourth-order valence-corrected chi connectivity index (χ4v) is 2.89. The van der Waals surface area contributed by atoms with Gasteiger partial charge in [0.15, 0.2) is 0 Å². The summed E-state index contributed by atoms with van der Waals surface area (Å²) < 4.78 is 0. The first-order valence-electron chi connectivity index (χ1n) is 6.34. The monoisotopic (exact) mass is 233 g/mol. The quantitative estimate of drug-likeness (QED) is 0.793. The number of aliphatic hydroxyl groups excluding tert-OH is 1. The molecule has 4 nitrogen and oxygen atoms in total. The van der Waals surface area contributed by atoms with Crippen molar-refractivity contribution in [2.24, 2.45) is 11.8 Å². The molecule has 17 heavy (non-hydrogen) atoms. The van der Waals surface area contributed by atoms with E-state index < -0.39 is 6.10 Å². The second-order valence-electron chi connectivity index (χ2n) is 5.18. The number of nitrogens with zero attached hydrogens (tertiary/aromatic N) is 2. The Bertz CT molecular complexity index is 395. The van der Waals surface area contributed by atoms with Crippen LogP contribution in [-0.2, 0) is 0 Å². The smallest absolute Gasteiger partial charge is 0.128 e. The van der Waals surface area contributed by atoms with Crippen LogP contribution in [-0.4, -0.2) is 36.3 Å². The van der Waals surface area contributed by atoms with Gasteiger partial charge in [0.25, 0.3) is 0 Å². The molecule has 3 atom stereocenters. The van der Waals surface area contributed by atoms with Crippen LogP contribution in [0.1, 0.15) is 18.7 Å². The van der Waals surface area contributed by atoms with Crippen molar-refractivity contribution in [1.82, 2.24) is 10.3 Å². The van der Waals surface area contributed by atoms with E-state index >= 15 is 0 Å². The van der Waals surface area contributed by atoms with Crippen molar-refractivity contribution in [2.75, 3.05) is 31.1 Å². The van der Waals surface area contributed by atoms with E-state index in [-0.39, 0.29) is 0 Å². The number of aromatic nitrogens is 1. The zero-order valence-electron chi connectivity index (χ0n) is 10.1. The zero-order valence-corrected chi connectivity index (χ0v) is 10.1. The SMILES string of the molecule is CC(O)c1cccc(N2C[C@H]3CNC[C@H]3C2)n1. The van der Waals surface area contributed by atoms with Gasteiger partial charge in [-0.2, -0.15) is 0 Å². The topological polar surface area (TPSA) is 48.4 Å². The Kier molecular flexibility index (Phi) is 2.76. The maximum absolute atomic E-state index is 9.56. The molecule has 4 heteroatoms. The molecule has 0 saturated carbocycles. The van der Waals surface area contributed by atoms with Crippen LogP contribution >= 0.6 is 0 Å². The molecule has 92 valence electrons. The maximum atomic E-state index is 9.56. The van der Waals surface area contributed by atoms with Crippen LogP contribution < -0.4 is 10.2 Å². The Hall–Kier alpha value is -1.13. The number of aliphatic hydroxyl groups is 1. The van der Waals surface area contributed by atoms with Crippen molar-refractivity contribution < 1.29 is 5.11 Å². The van der Waals surface area contributed by atoms with Crippen LogP contribution in [0.25, 0.3) is 0 Å². The summed E-state index contributed by atoms with van der Waals surface area (Å²) in [6, 6.07) is 5.91. The summed E-state index contributed by atoms with van der Waals surface area (Å²) in [5.74, 6) is 2.55. The molecule has 2 aliphatic heterocycles. The highest BCUT2D eigenvalue weighted by atomic mass is 16.3. The first-order valence-corrected chi connectivity index (χ1v) is 6.34. The first kappa shape index (κ1) is 11.0. The van der Waals surface area contributed by atoms with Gasteiger partial charge in [0.2, 0.25) is 0 Å².